The average Bonchev–Trinajstić information content (AvgIpc) is 2.16. The molecule has 4 heteroatoms. The minimum absolute atomic E-state index is 0.0554. The van der Waals surface area contributed by atoms with Crippen molar-refractivity contribution in [3.05, 3.63) is 0 Å². The molecule has 1 N–H and O–H groups in total. The number of amides is 1. The van der Waals surface area contributed by atoms with E-state index in [1.807, 2.05) is 20.8 Å². The number of carbonyl (C=O) groups excluding carboxylic acids is 2. The van der Waals surface area contributed by atoms with Gasteiger partial charge in [-0.15, -0.1) is 0 Å². The normalized spacial score (nSPS) is 15.9. The second kappa shape index (κ2) is 6.76. The zero-order valence-corrected chi connectivity index (χ0v) is 11.8. The fraction of sp³-hybridized carbons (Fsp3) is 0.857. The van der Waals surface area contributed by atoms with Crippen LogP contribution in [0.1, 0.15) is 59.3 Å². The van der Waals surface area contributed by atoms with E-state index in [4.69, 9.17) is 4.74 Å². The first-order valence-electron chi connectivity index (χ1n) is 6.85. The summed E-state index contributed by atoms with van der Waals surface area (Å²) in [6, 6.07) is 0. The second-order valence-corrected chi connectivity index (χ2v) is 6.02. The van der Waals surface area contributed by atoms with E-state index in [0.717, 1.165) is 18.9 Å². The first-order valence-corrected chi connectivity index (χ1v) is 6.85. The fourth-order valence-corrected chi connectivity index (χ4v) is 1.89. The molecule has 0 aromatic heterocycles. The number of esters is 1. The van der Waals surface area contributed by atoms with Crippen molar-refractivity contribution in [1.82, 2.24) is 5.32 Å². The maximum absolute atomic E-state index is 11.5. The van der Waals surface area contributed by atoms with Crippen LogP contribution in [0.3, 0.4) is 0 Å². The van der Waals surface area contributed by atoms with Crippen LogP contribution < -0.4 is 5.32 Å². The predicted molar refractivity (Wildman–Crippen MR) is 70.0 cm³/mol. The molecule has 0 radical (unpaired) electrons. The van der Waals surface area contributed by atoms with Gasteiger partial charge in [0.1, 0.15) is 5.60 Å². The lowest BCUT2D eigenvalue weighted by molar-refractivity contribution is -0.155. The summed E-state index contributed by atoms with van der Waals surface area (Å²) < 4.78 is 5.14. The second-order valence-electron chi connectivity index (χ2n) is 6.02. The predicted octanol–water partition coefficient (Wildman–Crippen LogP) is 2.41. The van der Waals surface area contributed by atoms with Gasteiger partial charge in [0.2, 0.25) is 5.91 Å². The van der Waals surface area contributed by atoms with Crippen molar-refractivity contribution in [2.75, 3.05) is 6.54 Å². The van der Waals surface area contributed by atoms with Crippen molar-refractivity contribution in [1.29, 1.82) is 0 Å². The molecule has 0 bridgehead atoms. The smallest absolute Gasteiger partial charge is 0.306 e. The van der Waals surface area contributed by atoms with E-state index in [-0.39, 0.29) is 24.7 Å². The molecule has 0 spiro atoms. The van der Waals surface area contributed by atoms with Gasteiger partial charge in [-0.3, -0.25) is 9.59 Å². The van der Waals surface area contributed by atoms with E-state index in [9.17, 15) is 9.59 Å². The fourth-order valence-electron chi connectivity index (χ4n) is 1.89. The standard InChI is InChI=1S/C14H25NO3/c1-14(2,3)18-13(17)8-7-12(16)15-10-9-11-5-4-6-11/h11H,4-10H2,1-3H3,(H,15,16). The van der Waals surface area contributed by atoms with Gasteiger partial charge < -0.3 is 10.1 Å². The average molecular weight is 255 g/mol. The molecule has 1 fully saturated rings. The highest BCUT2D eigenvalue weighted by Gasteiger charge is 2.18. The van der Waals surface area contributed by atoms with Crippen LogP contribution in [-0.4, -0.2) is 24.0 Å². The molecule has 1 saturated carbocycles. The Kier molecular flexibility index (Phi) is 5.63. The van der Waals surface area contributed by atoms with Crippen molar-refractivity contribution >= 4 is 11.9 Å². The zero-order chi connectivity index (χ0) is 13.6. The summed E-state index contributed by atoms with van der Waals surface area (Å²) in [5.41, 5.74) is -0.474. The summed E-state index contributed by atoms with van der Waals surface area (Å²) in [5, 5.41) is 2.85. The molecule has 0 unspecified atom stereocenters. The molecule has 0 aromatic carbocycles. The summed E-state index contributed by atoms with van der Waals surface area (Å²) in [5.74, 6) is 0.438. The van der Waals surface area contributed by atoms with Gasteiger partial charge in [0.25, 0.3) is 0 Å². The Morgan fingerprint density at radius 1 is 1.22 bits per heavy atom. The van der Waals surface area contributed by atoms with E-state index in [1.54, 1.807) is 0 Å². The van der Waals surface area contributed by atoms with E-state index >= 15 is 0 Å². The van der Waals surface area contributed by atoms with Crippen molar-refractivity contribution < 1.29 is 14.3 Å². The number of carbonyl (C=O) groups is 2. The molecule has 0 heterocycles. The highest BCUT2D eigenvalue weighted by Crippen LogP contribution is 2.28. The van der Waals surface area contributed by atoms with Gasteiger partial charge in [0, 0.05) is 13.0 Å². The quantitative estimate of drug-likeness (QED) is 0.742. The topological polar surface area (TPSA) is 55.4 Å². The van der Waals surface area contributed by atoms with Crippen LogP contribution in [0.15, 0.2) is 0 Å². The monoisotopic (exact) mass is 255 g/mol. The molecule has 0 atom stereocenters. The summed E-state index contributed by atoms with van der Waals surface area (Å²) >= 11 is 0. The van der Waals surface area contributed by atoms with Crippen LogP contribution in [0.2, 0.25) is 0 Å². The lowest BCUT2D eigenvalue weighted by Crippen LogP contribution is -2.29. The first kappa shape index (κ1) is 15.0. The molecule has 4 nitrogen and oxygen atoms in total. The van der Waals surface area contributed by atoms with Gasteiger partial charge >= 0.3 is 5.97 Å². The largest absolute Gasteiger partial charge is 0.460 e. The molecule has 0 aliphatic heterocycles. The Morgan fingerprint density at radius 2 is 1.89 bits per heavy atom. The van der Waals surface area contributed by atoms with Crippen LogP contribution in [-0.2, 0) is 14.3 Å². The SMILES string of the molecule is CC(C)(C)OC(=O)CCC(=O)NCCC1CCC1. The molecule has 18 heavy (non-hydrogen) atoms. The van der Waals surface area contributed by atoms with Crippen LogP contribution in [0.5, 0.6) is 0 Å². The van der Waals surface area contributed by atoms with Crippen molar-refractivity contribution in [3.63, 3.8) is 0 Å². The molecular weight excluding hydrogens is 230 g/mol. The summed E-state index contributed by atoms with van der Waals surface area (Å²) in [4.78, 5) is 22.9. The Bertz CT molecular complexity index is 290. The van der Waals surface area contributed by atoms with Gasteiger partial charge in [-0.2, -0.15) is 0 Å². The highest BCUT2D eigenvalue weighted by molar-refractivity contribution is 5.81. The maximum atomic E-state index is 11.5. The Balaban J connectivity index is 2.03. The van der Waals surface area contributed by atoms with E-state index in [2.05, 4.69) is 5.32 Å². The highest BCUT2D eigenvalue weighted by atomic mass is 16.6. The summed E-state index contributed by atoms with van der Waals surface area (Å²) in [7, 11) is 0. The maximum Gasteiger partial charge on any atom is 0.306 e. The molecule has 1 aliphatic carbocycles. The van der Waals surface area contributed by atoms with Crippen LogP contribution in [0.4, 0.5) is 0 Å². The van der Waals surface area contributed by atoms with Gasteiger partial charge in [-0.05, 0) is 33.1 Å². The third-order valence-electron chi connectivity index (χ3n) is 3.08. The van der Waals surface area contributed by atoms with Gasteiger partial charge in [0.05, 0.1) is 6.42 Å². The van der Waals surface area contributed by atoms with Crippen molar-refractivity contribution in [2.45, 2.75) is 64.9 Å². The van der Waals surface area contributed by atoms with Crippen LogP contribution in [0, 0.1) is 5.92 Å². The number of rotatable bonds is 6. The third-order valence-corrected chi connectivity index (χ3v) is 3.08. The Labute approximate surface area is 109 Å². The molecule has 1 rings (SSSR count). The Morgan fingerprint density at radius 3 is 2.39 bits per heavy atom. The first-order chi connectivity index (χ1) is 8.37. The Hall–Kier alpha value is -1.06. The number of hydrogen-bond donors (Lipinski definition) is 1. The third kappa shape index (κ3) is 6.62. The number of hydrogen-bond acceptors (Lipinski definition) is 3. The number of ether oxygens (including phenoxy) is 1. The van der Waals surface area contributed by atoms with Gasteiger partial charge in [-0.1, -0.05) is 19.3 Å². The van der Waals surface area contributed by atoms with E-state index in [1.165, 1.54) is 19.3 Å². The van der Waals surface area contributed by atoms with Gasteiger partial charge in [-0.25, -0.2) is 0 Å². The molecule has 1 amide bonds. The zero-order valence-electron chi connectivity index (χ0n) is 11.8. The molecular formula is C14H25NO3. The lowest BCUT2D eigenvalue weighted by Gasteiger charge is -2.25. The molecule has 0 saturated heterocycles. The van der Waals surface area contributed by atoms with Crippen LogP contribution in [0.25, 0.3) is 0 Å². The summed E-state index contributed by atoms with van der Waals surface area (Å²) in [6.07, 6.45) is 5.38. The summed E-state index contributed by atoms with van der Waals surface area (Å²) in [6.45, 7) is 6.20. The molecule has 104 valence electrons. The molecule has 0 aromatic rings. The lowest BCUT2D eigenvalue weighted by atomic mass is 9.83. The van der Waals surface area contributed by atoms with Gasteiger partial charge in [0.15, 0.2) is 0 Å². The van der Waals surface area contributed by atoms with E-state index in [0.29, 0.717) is 0 Å². The van der Waals surface area contributed by atoms with E-state index < -0.39 is 5.60 Å². The minimum Gasteiger partial charge on any atom is -0.460 e. The molecule has 1 aliphatic rings. The van der Waals surface area contributed by atoms with Crippen molar-refractivity contribution in [2.24, 2.45) is 5.92 Å². The number of nitrogens with one attached hydrogen (secondary N) is 1. The minimum atomic E-state index is -0.474. The van der Waals surface area contributed by atoms with Crippen LogP contribution >= 0.6 is 0 Å². The van der Waals surface area contributed by atoms with Crippen molar-refractivity contribution in [3.8, 4) is 0 Å².